The number of hydrogen-bond acceptors (Lipinski definition) is 5. The first kappa shape index (κ1) is 15.4. The third kappa shape index (κ3) is 4.54. The lowest BCUT2D eigenvalue weighted by molar-refractivity contribution is 0.515. The largest absolute Gasteiger partial charge is 0.370 e. The molecule has 1 aromatic rings. The maximum atomic E-state index is 4.63. The lowest BCUT2D eigenvalue weighted by Gasteiger charge is -2.22. The summed E-state index contributed by atoms with van der Waals surface area (Å²) in [5, 5.41) is 6.79. The summed E-state index contributed by atoms with van der Waals surface area (Å²) in [5.74, 6) is 6.53. The molecule has 1 aromatic heterocycles. The molecule has 0 saturated carbocycles. The summed E-state index contributed by atoms with van der Waals surface area (Å²) in [6, 6.07) is 2.02. The second kappa shape index (κ2) is 7.72. The van der Waals surface area contributed by atoms with Crippen LogP contribution in [0.4, 0.5) is 11.6 Å². The summed E-state index contributed by atoms with van der Waals surface area (Å²) in [6.45, 7) is 8.26. The van der Waals surface area contributed by atoms with Crippen molar-refractivity contribution in [3.63, 3.8) is 0 Å². The van der Waals surface area contributed by atoms with Gasteiger partial charge in [0.25, 0.3) is 0 Å². The van der Waals surface area contributed by atoms with Crippen LogP contribution in [-0.2, 0) is 0 Å². The molecule has 1 aliphatic heterocycles. The molecule has 0 atom stereocenters. The van der Waals surface area contributed by atoms with Crippen LogP contribution in [0.5, 0.6) is 0 Å². The van der Waals surface area contributed by atoms with Gasteiger partial charge in [-0.3, -0.25) is 0 Å². The molecular weight excluding hydrogens is 268 g/mol. The van der Waals surface area contributed by atoms with E-state index in [0.717, 1.165) is 36.5 Å². The molecule has 1 aliphatic rings. The maximum absolute atomic E-state index is 4.63. The summed E-state index contributed by atoms with van der Waals surface area (Å²) in [4.78, 5) is 9.18. The van der Waals surface area contributed by atoms with Crippen molar-refractivity contribution in [1.82, 2.24) is 9.97 Å². The summed E-state index contributed by atoms with van der Waals surface area (Å²) in [6.07, 6.45) is 2.64. The zero-order chi connectivity index (χ0) is 14.4. The maximum Gasteiger partial charge on any atom is 0.135 e. The molecule has 0 spiro atoms. The van der Waals surface area contributed by atoms with Gasteiger partial charge in [-0.25, -0.2) is 9.97 Å². The Labute approximate surface area is 126 Å². The number of nitrogens with one attached hydrogen (secondary N) is 2. The van der Waals surface area contributed by atoms with E-state index in [0.29, 0.717) is 5.92 Å². The minimum Gasteiger partial charge on any atom is -0.370 e. The van der Waals surface area contributed by atoms with Crippen LogP contribution in [0.3, 0.4) is 0 Å². The first-order valence-corrected chi connectivity index (χ1v) is 8.79. The molecule has 0 unspecified atom stereocenters. The molecule has 1 fully saturated rings. The van der Waals surface area contributed by atoms with Gasteiger partial charge in [0.15, 0.2) is 0 Å². The fraction of sp³-hybridized carbons (Fsp3) is 0.733. The molecule has 5 heteroatoms. The standard InChI is InChI=1S/C15H26N4S/c1-4-16-13-9-14(19-15(18-13)11(2)3)17-10-12-5-7-20-8-6-12/h9,11-12H,4-8,10H2,1-3H3,(H2,16,17,18,19). The van der Waals surface area contributed by atoms with Crippen LogP contribution >= 0.6 is 11.8 Å². The van der Waals surface area contributed by atoms with Crippen molar-refractivity contribution in [1.29, 1.82) is 0 Å². The van der Waals surface area contributed by atoms with Gasteiger partial charge in [-0.15, -0.1) is 0 Å². The van der Waals surface area contributed by atoms with Crippen molar-refractivity contribution in [2.24, 2.45) is 5.92 Å². The molecule has 20 heavy (non-hydrogen) atoms. The topological polar surface area (TPSA) is 49.8 Å². The van der Waals surface area contributed by atoms with Crippen molar-refractivity contribution < 1.29 is 0 Å². The number of nitrogens with zero attached hydrogens (tertiary/aromatic N) is 2. The Morgan fingerprint density at radius 3 is 2.45 bits per heavy atom. The van der Waals surface area contributed by atoms with Crippen molar-refractivity contribution in [2.45, 2.75) is 39.5 Å². The van der Waals surface area contributed by atoms with E-state index in [1.54, 1.807) is 0 Å². The Bertz CT molecular complexity index is 416. The van der Waals surface area contributed by atoms with E-state index in [-0.39, 0.29) is 0 Å². The van der Waals surface area contributed by atoms with Gasteiger partial charge in [0.1, 0.15) is 17.5 Å². The SMILES string of the molecule is CCNc1cc(NCC2CCSCC2)nc(C(C)C)n1. The molecule has 0 radical (unpaired) electrons. The molecule has 2 heterocycles. The summed E-state index contributed by atoms with van der Waals surface area (Å²) < 4.78 is 0. The number of rotatable bonds is 6. The molecule has 4 nitrogen and oxygen atoms in total. The van der Waals surface area contributed by atoms with Crippen LogP contribution in [-0.4, -0.2) is 34.6 Å². The molecule has 1 saturated heterocycles. The number of hydrogen-bond donors (Lipinski definition) is 2. The average Bonchev–Trinajstić information content (AvgIpc) is 2.46. The zero-order valence-electron chi connectivity index (χ0n) is 12.8. The first-order valence-electron chi connectivity index (χ1n) is 7.63. The minimum absolute atomic E-state index is 0.347. The Balaban J connectivity index is 2.01. The average molecular weight is 294 g/mol. The van der Waals surface area contributed by atoms with Crippen LogP contribution in [0.15, 0.2) is 6.07 Å². The second-order valence-electron chi connectivity index (χ2n) is 5.62. The minimum atomic E-state index is 0.347. The van der Waals surface area contributed by atoms with Gasteiger partial charge < -0.3 is 10.6 Å². The van der Waals surface area contributed by atoms with Crippen molar-refractivity contribution in [3.8, 4) is 0 Å². The van der Waals surface area contributed by atoms with Crippen LogP contribution < -0.4 is 10.6 Å². The molecular formula is C15H26N4S. The molecule has 2 rings (SSSR count). The number of anilines is 2. The summed E-state index contributed by atoms with van der Waals surface area (Å²) in [7, 11) is 0. The number of aromatic nitrogens is 2. The third-order valence-corrected chi connectivity index (χ3v) is 4.58. The predicted molar refractivity (Wildman–Crippen MR) is 88.8 cm³/mol. The van der Waals surface area contributed by atoms with E-state index < -0.39 is 0 Å². The Morgan fingerprint density at radius 2 is 1.85 bits per heavy atom. The fourth-order valence-corrected chi connectivity index (χ4v) is 3.49. The fourth-order valence-electron chi connectivity index (χ4n) is 2.29. The second-order valence-corrected chi connectivity index (χ2v) is 6.84. The van der Waals surface area contributed by atoms with E-state index in [9.17, 15) is 0 Å². The Morgan fingerprint density at radius 1 is 1.20 bits per heavy atom. The quantitative estimate of drug-likeness (QED) is 0.839. The van der Waals surface area contributed by atoms with E-state index >= 15 is 0 Å². The van der Waals surface area contributed by atoms with E-state index in [2.05, 4.69) is 53.1 Å². The normalized spacial score (nSPS) is 16.4. The van der Waals surface area contributed by atoms with Crippen LogP contribution in [0, 0.1) is 5.92 Å². The molecule has 0 aliphatic carbocycles. The molecule has 112 valence electrons. The monoisotopic (exact) mass is 294 g/mol. The summed E-state index contributed by atoms with van der Waals surface area (Å²) >= 11 is 2.07. The van der Waals surface area contributed by atoms with Gasteiger partial charge in [0.05, 0.1) is 0 Å². The highest BCUT2D eigenvalue weighted by atomic mass is 32.2. The highest BCUT2D eigenvalue weighted by Crippen LogP contribution is 2.23. The zero-order valence-corrected chi connectivity index (χ0v) is 13.6. The summed E-state index contributed by atoms with van der Waals surface area (Å²) in [5.41, 5.74) is 0. The van der Waals surface area contributed by atoms with Gasteiger partial charge >= 0.3 is 0 Å². The Kier molecular flexibility index (Phi) is 5.95. The van der Waals surface area contributed by atoms with Crippen molar-refractivity contribution in [2.75, 3.05) is 35.2 Å². The van der Waals surface area contributed by atoms with Gasteiger partial charge in [0, 0.05) is 25.1 Å². The van der Waals surface area contributed by atoms with Crippen LogP contribution in [0.1, 0.15) is 45.4 Å². The van der Waals surface area contributed by atoms with Crippen molar-refractivity contribution >= 4 is 23.4 Å². The highest BCUT2D eigenvalue weighted by Gasteiger charge is 2.14. The van der Waals surface area contributed by atoms with E-state index in [1.165, 1.54) is 24.3 Å². The first-order chi connectivity index (χ1) is 9.69. The van der Waals surface area contributed by atoms with Crippen LogP contribution in [0.25, 0.3) is 0 Å². The number of thioether (sulfide) groups is 1. The molecule has 2 N–H and O–H groups in total. The van der Waals surface area contributed by atoms with E-state index in [1.807, 2.05) is 6.07 Å². The van der Waals surface area contributed by atoms with Gasteiger partial charge in [0.2, 0.25) is 0 Å². The molecule has 0 amide bonds. The smallest absolute Gasteiger partial charge is 0.135 e. The lowest BCUT2D eigenvalue weighted by atomic mass is 10.0. The van der Waals surface area contributed by atoms with Crippen molar-refractivity contribution in [3.05, 3.63) is 11.9 Å². The Hall–Kier alpha value is -0.970. The highest BCUT2D eigenvalue weighted by molar-refractivity contribution is 7.99. The lowest BCUT2D eigenvalue weighted by Crippen LogP contribution is -2.20. The van der Waals surface area contributed by atoms with Gasteiger partial charge in [-0.2, -0.15) is 11.8 Å². The molecule has 0 bridgehead atoms. The van der Waals surface area contributed by atoms with E-state index in [4.69, 9.17) is 0 Å². The van der Waals surface area contributed by atoms with Crippen LogP contribution in [0.2, 0.25) is 0 Å². The third-order valence-electron chi connectivity index (χ3n) is 3.53. The molecule has 0 aromatic carbocycles. The predicted octanol–water partition coefficient (Wildman–Crippen LogP) is 3.59. The van der Waals surface area contributed by atoms with Gasteiger partial charge in [-0.05, 0) is 37.2 Å². The van der Waals surface area contributed by atoms with Gasteiger partial charge in [-0.1, -0.05) is 13.8 Å².